The highest BCUT2D eigenvalue weighted by atomic mass is 32.2. The monoisotopic (exact) mass is 497 g/mol. The molecule has 12 nitrogen and oxygen atoms in total. The van der Waals surface area contributed by atoms with Crippen molar-refractivity contribution in [1.82, 2.24) is 30.4 Å². The summed E-state index contributed by atoms with van der Waals surface area (Å²) in [6.45, 7) is 0. The number of aliphatic carboxylic acids is 1. The molecule has 1 saturated heterocycles. The molecular formula is C17H19N7O5S3. The van der Waals surface area contributed by atoms with Gasteiger partial charge in [-0.2, -0.15) is 11.3 Å². The number of carboxylic acid groups (broad SMARTS) is 1. The number of thioether (sulfide) groups is 2. The zero-order valence-electron chi connectivity index (χ0n) is 16.9. The van der Waals surface area contributed by atoms with Gasteiger partial charge in [0, 0.05) is 25.7 Å². The van der Waals surface area contributed by atoms with Gasteiger partial charge in [0.25, 0.3) is 11.6 Å². The minimum absolute atomic E-state index is 0.120. The Hall–Kier alpha value is -2.46. The van der Waals surface area contributed by atoms with Crippen LogP contribution < -0.4 is 11.1 Å². The molecule has 0 spiro atoms. The van der Waals surface area contributed by atoms with Crippen LogP contribution in [0.5, 0.6) is 0 Å². The van der Waals surface area contributed by atoms with Gasteiger partial charge in [-0.1, -0.05) is 11.8 Å². The number of tetrazole rings is 1. The van der Waals surface area contributed by atoms with Crippen LogP contribution in [-0.4, -0.2) is 77.7 Å². The minimum Gasteiger partial charge on any atom is -0.477 e. The summed E-state index contributed by atoms with van der Waals surface area (Å²) in [6, 6.07) is 0.741. The summed E-state index contributed by atoms with van der Waals surface area (Å²) in [5.74, 6) is -1.87. The Morgan fingerprint density at radius 2 is 2.31 bits per heavy atom. The van der Waals surface area contributed by atoms with E-state index in [0.717, 1.165) is 4.90 Å². The van der Waals surface area contributed by atoms with Crippen LogP contribution in [0.4, 0.5) is 0 Å². The van der Waals surface area contributed by atoms with Crippen molar-refractivity contribution < 1.29 is 24.2 Å². The van der Waals surface area contributed by atoms with Gasteiger partial charge in [0.1, 0.15) is 17.1 Å². The fourth-order valence-electron chi connectivity index (χ4n) is 3.41. The minimum atomic E-state index is -1.69. The standard InChI is InChI=1S/C17H19N7O5S3/c1-23-16(20-21-22-23)32-7-9-6-31-15-17(29-2,14(28)24(15)11(9)13(26)27)19-12(25)10(18)8-3-4-30-5-8/h3-5,10,15H,6-7,18H2,1-2H3,(H,19,25)(H,26,27)/t10?,15?,17-/m1/s1. The second-order valence-electron chi connectivity index (χ2n) is 6.93. The van der Waals surface area contributed by atoms with Crippen molar-refractivity contribution in [3.05, 3.63) is 33.7 Å². The number of carbonyl (C=O) groups is 3. The molecule has 170 valence electrons. The predicted molar refractivity (Wildman–Crippen MR) is 116 cm³/mol. The molecule has 0 aromatic carbocycles. The number of nitrogens with two attached hydrogens (primary N) is 1. The van der Waals surface area contributed by atoms with Crippen molar-refractivity contribution >= 4 is 52.6 Å². The molecule has 2 aromatic heterocycles. The summed E-state index contributed by atoms with van der Waals surface area (Å²) >= 11 is 3.97. The largest absolute Gasteiger partial charge is 0.477 e. The van der Waals surface area contributed by atoms with Gasteiger partial charge in [-0.25, -0.2) is 9.48 Å². The number of nitrogens with one attached hydrogen (secondary N) is 1. The van der Waals surface area contributed by atoms with Gasteiger partial charge in [-0.15, -0.1) is 16.9 Å². The third-order valence-corrected chi connectivity index (χ3v) is 8.26. The number of carboxylic acids is 1. The molecule has 15 heteroatoms. The van der Waals surface area contributed by atoms with Crippen molar-refractivity contribution in [2.24, 2.45) is 12.8 Å². The van der Waals surface area contributed by atoms with E-state index in [1.165, 1.54) is 46.7 Å². The number of hydrogen-bond donors (Lipinski definition) is 3. The number of carbonyl (C=O) groups excluding carboxylic acids is 2. The maximum Gasteiger partial charge on any atom is 0.352 e. The van der Waals surface area contributed by atoms with Gasteiger partial charge < -0.3 is 20.9 Å². The van der Waals surface area contributed by atoms with Gasteiger partial charge in [0.2, 0.25) is 11.1 Å². The Bertz CT molecular complexity index is 1090. The van der Waals surface area contributed by atoms with Crippen LogP contribution in [0.3, 0.4) is 0 Å². The van der Waals surface area contributed by atoms with Crippen molar-refractivity contribution in [1.29, 1.82) is 0 Å². The first kappa shape index (κ1) is 22.7. The van der Waals surface area contributed by atoms with Gasteiger partial charge in [-0.3, -0.25) is 14.5 Å². The van der Waals surface area contributed by atoms with E-state index in [9.17, 15) is 19.5 Å². The molecule has 4 heterocycles. The van der Waals surface area contributed by atoms with E-state index in [-0.39, 0.29) is 11.4 Å². The summed E-state index contributed by atoms with van der Waals surface area (Å²) in [4.78, 5) is 39.1. The number of fused-ring (bicyclic) bond motifs is 1. The number of rotatable bonds is 8. The molecule has 1 fully saturated rings. The first-order valence-corrected chi connectivity index (χ1v) is 12.2. The molecule has 3 atom stereocenters. The second kappa shape index (κ2) is 8.82. The van der Waals surface area contributed by atoms with Gasteiger partial charge in [0.05, 0.1) is 0 Å². The molecule has 4 N–H and O–H groups in total. The number of nitrogens with zero attached hydrogens (tertiary/aromatic N) is 5. The maximum atomic E-state index is 13.1. The fourth-order valence-corrected chi connectivity index (χ4v) is 6.54. The molecule has 2 aromatic rings. The summed E-state index contributed by atoms with van der Waals surface area (Å²) in [6.07, 6.45) is 0. The number of hydrogen-bond acceptors (Lipinski definition) is 11. The molecule has 32 heavy (non-hydrogen) atoms. The Balaban J connectivity index is 1.55. The van der Waals surface area contributed by atoms with Crippen LogP contribution in [0.15, 0.2) is 33.3 Å². The van der Waals surface area contributed by atoms with Crippen LogP contribution in [-0.2, 0) is 26.2 Å². The second-order valence-corrected chi connectivity index (χ2v) is 9.72. The fraction of sp³-hybridized carbons (Fsp3) is 0.412. The highest BCUT2D eigenvalue weighted by Gasteiger charge is 2.66. The molecule has 0 saturated carbocycles. The van der Waals surface area contributed by atoms with Gasteiger partial charge >= 0.3 is 5.97 Å². The SMILES string of the molecule is CO[C@]1(NC(=O)C(N)c2ccsc2)C(=O)N2C(C(=O)O)=C(CSc3nnnn3C)CSC21. The zero-order chi connectivity index (χ0) is 23.0. The molecule has 2 amide bonds. The molecular weight excluding hydrogens is 478 g/mol. The van der Waals surface area contributed by atoms with E-state index in [2.05, 4.69) is 20.8 Å². The van der Waals surface area contributed by atoms with E-state index in [1.54, 1.807) is 23.9 Å². The molecule has 2 unspecified atom stereocenters. The smallest absolute Gasteiger partial charge is 0.352 e. The molecule has 0 aliphatic carbocycles. The highest BCUT2D eigenvalue weighted by Crippen LogP contribution is 2.47. The summed E-state index contributed by atoms with van der Waals surface area (Å²) in [7, 11) is 2.97. The highest BCUT2D eigenvalue weighted by molar-refractivity contribution is 8.01. The Labute approximate surface area is 194 Å². The summed E-state index contributed by atoms with van der Waals surface area (Å²) in [5.41, 5.74) is 5.36. The van der Waals surface area contributed by atoms with Crippen LogP contribution in [0, 0.1) is 0 Å². The van der Waals surface area contributed by atoms with Crippen molar-refractivity contribution in [3.63, 3.8) is 0 Å². The molecule has 0 bridgehead atoms. The van der Waals surface area contributed by atoms with Crippen LogP contribution in [0.25, 0.3) is 0 Å². The molecule has 2 aliphatic heterocycles. The lowest BCUT2D eigenvalue weighted by Gasteiger charge is -2.56. The van der Waals surface area contributed by atoms with E-state index in [4.69, 9.17) is 10.5 Å². The first-order valence-electron chi connectivity index (χ1n) is 9.20. The Morgan fingerprint density at radius 1 is 1.53 bits per heavy atom. The van der Waals surface area contributed by atoms with Crippen LogP contribution in [0.2, 0.25) is 0 Å². The average Bonchev–Trinajstić information content (AvgIpc) is 3.46. The summed E-state index contributed by atoms with van der Waals surface area (Å²) < 4.78 is 6.92. The van der Waals surface area contributed by atoms with E-state index in [1.807, 2.05) is 0 Å². The van der Waals surface area contributed by atoms with Crippen LogP contribution in [0.1, 0.15) is 11.6 Å². The lowest BCUT2D eigenvalue weighted by Crippen LogP contribution is -2.81. The third-order valence-electron chi connectivity index (χ3n) is 5.09. The number of methoxy groups -OCH3 is 1. The summed E-state index contributed by atoms with van der Waals surface area (Å²) in [5, 5.41) is 26.9. The van der Waals surface area contributed by atoms with Crippen molar-refractivity contribution in [2.75, 3.05) is 18.6 Å². The topological polar surface area (TPSA) is 166 Å². The lowest BCUT2D eigenvalue weighted by molar-refractivity contribution is -0.192. The molecule has 0 radical (unpaired) electrons. The maximum absolute atomic E-state index is 13.1. The molecule has 4 rings (SSSR count). The third kappa shape index (κ3) is 3.69. The number of aromatic nitrogens is 4. The molecule has 2 aliphatic rings. The van der Waals surface area contributed by atoms with Crippen molar-refractivity contribution in [2.45, 2.75) is 22.3 Å². The number of β-lactam (4-membered cyclic amide) rings is 1. The Kier molecular flexibility index (Phi) is 6.26. The quantitative estimate of drug-likeness (QED) is 0.251. The van der Waals surface area contributed by atoms with E-state index < -0.39 is 34.9 Å². The van der Waals surface area contributed by atoms with E-state index >= 15 is 0 Å². The number of amides is 2. The average molecular weight is 498 g/mol. The van der Waals surface area contributed by atoms with Crippen LogP contribution >= 0.6 is 34.9 Å². The van der Waals surface area contributed by atoms with E-state index in [0.29, 0.717) is 22.0 Å². The van der Waals surface area contributed by atoms with Gasteiger partial charge in [-0.05, 0) is 38.4 Å². The number of aryl methyl sites for hydroxylation is 1. The zero-order valence-corrected chi connectivity index (χ0v) is 19.4. The Morgan fingerprint density at radius 3 is 2.91 bits per heavy atom. The first-order chi connectivity index (χ1) is 15.3. The lowest BCUT2D eigenvalue weighted by atomic mass is 9.97. The number of ether oxygens (including phenoxy) is 1. The van der Waals surface area contributed by atoms with Gasteiger partial charge in [0.15, 0.2) is 0 Å². The normalized spacial score (nSPS) is 23.5. The van der Waals surface area contributed by atoms with Crippen molar-refractivity contribution in [3.8, 4) is 0 Å². The number of thiophene rings is 1. The predicted octanol–water partition coefficient (Wildman–Crippen LogP) is -0.224.